The molecule has 0 unspecified atom stereocenters. The lowest BCUT2D eigenvalue weighted by atomic mass is 10.0. The highest BCUT2D eigenvalue weighted by Crippen LogP contribution is 2.32. The fourth-order valence-electron chi connectivity index (χ4n) is 1.98. The second-order valence-corrected chi connectivity index (χ2v) is 4.69. The molecule has 0 spiro atoms. The van der Waals surface area contributed by atoms with Crippen LogP contribution < -0.4 is 0 Å². The van der Waals surface area contributed by atoms with Crippen molar-refractivity contribution in [3.8, 4) is 0 Å². The zero-order valence-corrected chi connectivity index (χ0v) is 11.3. The normalized spacial score (nSPS) is 11.8. The maximum Gasteiger partial charge on any atom is 0.416 e. The fraction of sp³-hybridized carbons (Fsp3) is 0.118. The van der Waals surface area contributed by atoms with E-state index in [-0.39, 0.29) is 5.56 Å². The zero-order valence-electron chi connectivity index (χ0n) is 11.3. The second-order valence-electron chi connectivity index (χ2n) is 4.69. The second kappa shape index (κ2) is 5.95. The third-order valence-electron chi connectivity index (χ3n) is 3.08. The summed E-state index contributed by atoms with van der Waals surface area (Å²) >= 11 is 0. The molecular formula is C17H13F3O. The van der Waals surface area contributed by atoms with Crippen LogP contribution in [0.15, 0.2) is 42.5 Å². The van der Waals surface area contributed by atoms with Crippen LogP contribution in [0.25, 0.3) is 12.2 Å². The van der Waals surface area contributed by atoms with Crippen molar-refractivity contribution in [2.45, 2.75) is 13.1 Å². The smallest absolute Gasteiger partial charge is 0.298 e. The molecule has 21 heavy (non-hydrogen) atoms. The Balaban J connectivity index is 2.31. The van der Waals surface area contributed by atoms with Crippen molar-refractivity contribution in [1.29, 1.82) is 0 Å². The monoisotopic (exact) mass is 290 g/mol. The molecule has 0 aromatic heterocycles. The number of aryl methyl sites for hydroxylation is 1. The van der Waals surface area contributed by atoms with Crippen LogP contribution >= 0.6 is 0 Å². The van der Waals surface area contributed by atoms with E-state index in [1.54, 1.807) is 42.5 Å². The maximum absolute atomic E-state index is 12.8. The van der Waals surface area contributed by atoms with Crippen LogP contribution in [0.5, 0.6) is 0 Å². The third kappa shape index (κ3) is 3.81. The van der Waals surface area contributed by atoms with E-state index < -0.39 is 11.7 Å². The number of benzene rings is 2. The molecule has 2 aromatic rings. The lowest BCUT2D eigenvalue weighted by molar-refractivity contribution is -0.138. The Morgan fingerprint density at radius 2 is 1.52 bits per heavy atom. The number of carbonyl (C=O) groups is 1. The standard InChI is InChI=1S/C17H13F3O/c1-12-5-6-14(10-16(12)17(18,19)20)8-7-13-3-2-4-15(9-13)11-21/h2-11H,1H3/b8-7+. The van der Waals surface area contributed by atoms with E-state index in [0.29, 0.717) is 11.1 Å². The van der Waals surface area contributed by atoms with Crippen LogP contribution in [0.3, 0.4) is 0 Å². The summed E-state index contributed by atoms with van der Waals surface area (Å²) in [5.74, 6) is 0. The summed E-state index contributed by atoms with van der Waals surface area (Å²) in [5.41, 5.74) is 1.31. The van der Waals surface area contributed by atoms with E-state index >= 15 is 0 Å². The van der Waals surface area contributed by atoms with Gasteiger partial charge in [0.1, 0.15) is 6.29 Å². The van der Waals surface area contributed by atoms with Gasteiger partial charge in [-0.3, -0.25) is 4.79 Å². The van der Waals surface area contributed by atoms with Crippen LogP contribution in [-0.4, -0.2) is 6.29 Å². The lowest BCUT2D eigenvalue weighted by Gasteiger charge is -2.10. The summed E-state index contributed by atoms with van der Waals surface area (Å²) in [6.07, 6.45) is -0.354. The lowest BCUT2D eigenvalue weighted by Crippen LogP contribution is -2.07. The molecule has 0 fully saturated rings. The summed E-state index contributed by atoms with van der Waals surface area (Å²) < 4.78 is 38.5. The van der Waals surface area contributed by atoms with Gasteiger partial charge in [-0.05, 0) is 35.7 Å². The largest absolute Gasteiger partial charge is 0.416 e. The average Bonchev–Trinajstić information content (AvgIpc) is 2.45. The van der Waals surface area contributed by atoms with Crippen LogP contribution in [0.2, 0.25) is 0 Å². The molecule has 0 saturated carbocycles. The van der Waals surface area contributed by atoms with Crippen molar-refractivity contribution >= 4 is 18.4 Å². The number of rotatable bonds is 3. The van der Waals surface area contributed by atoms with Gasteiger partial charge in [-0.2, -0.15) is 13.2 Å². The van der Waals surface area contributed by atoms with Crippen molar-refractivity contribution in [3.63, 3.8) is 0 Å². The molecule has 0 radical (unpaired) electrons. The molecular weight excluding hydrogens is 277 g/mol. The molecule has 1 nitrogen and oxygen atoms in total. The molecule has 0 aliphatic heterocycles. The van der Waals surface area contributed by atoms with Gasteiger partial charge in [-0.25, -0.2) is 0 Å². The van der Waals surface area contributed by atoms with Crippen LogP contribution in [0, 0.1) is 6.92 Å². The SMILES string of the molecule is Cc1ccc(/C=C/c2cccc(C=O)c2)cc1C(F)(F)F. The Kier molecular flexibility index (Phi) is 4.26. The Morgan fingerprint density at radius 1 is 0.905 bits per heavy atom. The van der Waals surface area contributed by atoms with E-state index in [4.69, 9.17) is 0 Å². The first-order valence-corrected chi connectivity index (χ1v) is 6.31. The van der Waals surface area contributed by atoms with Gasteiger partial charge < -0.3 is 0 Å². The highest BCUT2D eigenvalue weighted by Gasteiger charge is 2.32. The van der Waals surface area contributed by atoms with E-state index in [2.05, 4.69) is 0 Å². The highest BCUT2D eigenvalue weighted by atomic mass is 19.4. The van der Waals surface area contributed by atoms with Crippen molar-refractivity contribution in [2.24, 2.45) is 0 Å². The summed E-state index contributed by atoms with van der Waals surface area (Å²) in [6.45, 7) is 1.43. The Labute approximate surface area is 120 Å². The van der Waals surface area contributed by atoms with Gasteiger partial charge in [0.25, 0.3) is 0 Å². The van der Waals surface area contributed by atoms with Crippen LogP contribution in [0.1, 0.15) is 32.6 Å². The molecule has 0 saturated heterocycles. The summed E-state index contributed by atoms with van der Waals surface area (Å²) in [7, 11) is 0. The average molecular weight is 290 g/mol. The van der Waals surface area contributed by atoms with Crippen molar-refractivity contribution in [1.82, 2.24) is 0 Å². The minimum atomic E-state index is -4.36. The molecule has 0 N–H and O–H groups in total. The van der Waals surface area contributed by atoms with Gasteiger partial charge in [0.05, 0.1) is 5.56 Å². The fourth-order valence-corrected chi connectivity index (χ4v) is 1.98. The minimum Gasteiger partial charge on any atom is -0.298 e. The molecule has 0 amide bonds. The summed E-state index contributed by atoms with van der Waals surface area (Å²) in [4.78, 5) is 10.7. The predicted octanol–water partition coefficient (Wildman–Crippen LogP) is 5.00. The molecule has 108 valence electrons. The number of carbonyl (C=O) groups excluding carboxylic acids is 1. The number of halogens is 3. The van der Waals surface area contributed by atoms with E-state index in [1.165, 1.54) is 13.0 Å². The molecule has 0 atom stereocenters. The Hall–Kier alpha value is -2.36. The Morgan fingerprint density at radius 3 is 2.14 bits per heavy atom. The minimum absolute atomic E-state index is 0.197. The molecule has 2 aromatic carbocycles. The number of aldehydes is 1. The van der Waals surface area contributed by atoms with E-state index in [0.717, 1.165) is 17.9 Å². The molecule has 0 bridgehead atoms. The quantitative estimate of drug-likeness (QED) is 0.574. The highest BCUT2D eigenvalue weighted by molar-refractivity contribution is 5.78. The van der Waals surface area contributed by atoms with Gasteiger partial charge in [-0.1, -0.05) is 42.5 Å². The van der Waals surface area contributed by atoms with Crippen LogP contribution in [-0.2, 0) is 6.18 Å². The molecule has 0 aliphatic carbocycles. The van der Waals surface area contributed by atoms with Gasteiger partial charge in [0.2, 0.25) is 0 Å². The molecule has 4 heteroatoms. The first kappa shape index (κ1) is 15.0. The third-order valence-corrected chi connectivity index (χ3v) is 3.08. The van der Waals surface area contributed by atoms with Crippen molar-refractivity contribution in [3.05, 3.63) is 70.3 Å². The molecule has 0 heterocycles. The zero-order chi connectivity index (χ0) is 15.5. The molecule has 2 rings (SSSR count). The maximum atomic E-state index is 12.8. The Bertz CT molecular complexity index is 685. The van der Waals surface area contributed by atoms with Gasteiger partial charge in [-0.15, -0.1) is 0 Å². The molecule has 0 aliphatic rings. The number of hydrogen-bond acceptors (Lipinski definition) is 1. The first-order chi connectivity index (χ1) is 9.90. The topological polar surface area (TPSA) is 17.1 Å². The summed E-state index contributed by atoms with van der Waals surface area (Å²) in [5, 5.41) is 0. The number of alkyl halides is 3. The van der Waals surface area contributed by atoms with E-state index in [1.807, 2.05) is 0 Å². The van der Waals surface area contributed by atoms with Crippen molar-refractivity contribution < 1.29 is 18.0 Å². The van der Waals surface area contributed by atoms with Gasteiger partial charge in [0, 0.05) is 5.56 Å². The predicted molar refractivity (Wildman–Crippen MR) is 76.9 cm³/mol. The van der Waals surface area contributed by atoms with Gasteiger partial charge in [0.15, 0.2) is 0 Å². The number of hydrogen-bond donors (Lipinski definition) is 0. The van der Waals surface area contributed by atoms with Crippen LogP contribution in [0.4, 0.5) is 13.2 Å². The van der Waals surface area contributed by atoms with Gasteiger partial charge >= 0.3 is 6.18 Å². The van der Waals surface area contributed by atoms with E-state index in [9.17, 15) is 18.0 Å². The summed E-state index contributed by atoms with van der Waals surface area (Å²) in [6, 6.07) is 11.0. The first-order valence-electron chi connectivity index (χ1n) is 6.31. The van der Waals surface area contributed by atoms with Crippen molar-refractivity contribution in [2.75, 3.05) is 0 Å².